The largest absolute Gasteiger partial charge is 0.508 e. The van der Waals surface area contributed by atoms with Gasteiger partial charge in [-0.1, -0.05) is 26.0 Å². The smallest absolute Gasteiger partial charge is 0.300 e. The summed E-state index contributed by atoms with van der Waals surface area (Å²) in [6, 6.07) is 15.5. The van der Waals surface area contributed by atoms with Crippen LogP contribution in [0, 0.1) is 0 Å². The summed E-state index contributed by atoms with van der Waals surface area (Å²) in [6.07, 6.45) is 0. The fourth-order valence-corrected chi connectivity index (χ4v) is 4.85. The molecule has 8 heteroatoms. The molecule has 0 radical (unpaired) electrons. The van der Waals surface area contributed by atoms with Gasteiger partial charge in [-0.2, -0.15) is 0 Å². The zero-order valence-corrected chi connectivity index (χ0v) is 23.4. The van der Waals surface area contributed by atoms with E-state index < -0.39 is 17.7 Å². The number of ketones is 1. The van der Waals surface area contributed by atoms with Crippen LogP contribution in [0.4, 0.5) is 5.69 Å². The van der Waals surface area contributed by atoms with Crippen molar-refractivity contribution >= 4 is 23.1 Å². The lowest BCUT2D eigenvalue weighted by atomic mass is 9.93. The fraction of sp³-hybridized carbons (Fsp3) is 0.312. The zero-order valence-electron chi connectivity index (χ0n) is 23.4. The summed E-state index contributed by atoms with van der Waals surface area (Å²) < 4.78 is 17.2. The SMILES string of the molecule is CCOc1ccc(N2C(=O)C(=O)/C(=C(\O)c3ccc(OCC)c(C(C)C)c3)C2c2ccc(O)cc2)cc1OCC. The summed E-state index contributed by atoms with van der Waals surface area (Å²) in [5.41, 5.74) is 2.16. The molecule has 1 saturated heterocycles. The molecule has 3 aromatic carbocycles. The van der Waals surface area contributed by atoms with Crippen LogP contribution in [0.1, 0.15) is 63.3 Å². The van der Waals surface area contributed by atoms with Crippen molar-refractivity contribution in [3.63, 3.8) is 0 Å². The number of amides is 1. The minimum Gasteiger partial charge on any atom is -0.508 e. The van der Waals surface area contributed by atoms with Crippen molar-refractivity contribution in [2.45, 2.75) is 46.6 Å². The number of benzene rings is 3. The van der Waals surface area contributed by atoms with Gasteiger partial charge in [0, 0.05) is 17.3 Å². The molecule has 1 aliphatic heterocycles. The molecule has 1 heterocycles. The third-order valence-corrected chi connectivity index (χ3v) is 6.66. The van der Waals surface area contributed by atoms with E-state index in [1.54, 1.807) is 48.5 Å². The normalized spacial score (nSPS) is 16.4. The van der Waals surface area contributed by atoms with E-state index in [-0.39, 0.29) is 23.0 Å². The summed E-state index contributed by atoms with van der Waals surface area (Å²) in [7, 11) is 0. The number of aliphatic hydroxyl groups is 1. The van der Waals surface area contributed by atoms with Crippen LogP contribution < -0.4 is 19.1 Å². The van der Waals surface area contributed by atoms with E-state index >= 15 is 0 Å². The lowest BCUT2D eigenvalue weighted by Gasteiger charge is -2.26. The maximum atomic E-state index is 13.6. The van der Waals surface area contributed by atoms with E-state index in [0.29, 0.717) is 53.9 Å². The number of carbonyl (C=O) groups excluding carboxylic acids is 2. The molecule has 3 aromatic rings. The van der Waals surface area contributed by atoms with E-state index in [1.165, 1.54) is 17.0 Å². The Hall–Kier alpha value is -4.46. The second-order valence-electron chi connectivity index (χ2n) is 9.60. The topological polar surface area (TPSA) is 106 Å². The van der Waals surface area contributed by atoms with Crippen molar-refractivity contribution in [3.8, 4) is 23.0 Å². The lowest BCUT2D eigenvalue weighted by Crippen LogP contribution is -2.29. The molecule has 0 aromatic heterocycles. The summed E-state index contributed by atoms with van der Waals surface area (Å²) in [5, 5.41) is 21.5. The molecule has 40 heavy (non-hydrogen) atoms. The summed E-state index contributed by atoms with van der Waals surface area (Å²) in [4.78, 5) is 28.5. The van der Waals surface area contributed by atoms with E-state index in [9.17, 15) is 19.8 Å². The molecule has 1 aliphatic rings. The minimum atomic E-state index is -0.956. The lowest BCUT2D eigenvalue weighted by molar-refractivity contribution is -0.132. The quantitative estimate of drug-likeness (QED) is 0.174. The molecule has 0 saturated carbocycles. The molecule has 0 aliphatic carbocycles. The molecule has 2 N–H and O–H groups in total. The Bertz CT molecular complexity index is 1430. The van der Waals surface area contributed by atoms with Gasteiger partial charge in [-0.05, 0) is 80.3 Å². The molecule has 8 nitrogen and oxygen atoms in total. The monoisotopic (exact) mass is 545 g/mol. The third-order valence-electron chi connectivity index (χ3n) is 6.66. The van der Waals surface area contributed by atoms with Crippen LogP contribution in [0.25, 0.3) is 5.76 Å². The second-order valence-corrected chi connectivity index (χ2v) is 9.60. The van der Waals surface area contributed by atoms with Gasteiger partial charge >= 0.3 is 0 Å². The van der Waals surface area contributed by atoms with Crippen molar-refractivity contribution < 1.29 is 34.0 Å². The van der Waals surface area contributed by atoms with Crippen LogP contribution >= 0.6 is 0 Å². The molecule has 1 amide bonds. The number of carbonyl (C=O) groups is 2. The second kappa shape index (κ2) is 12.2. The van der Waals surface area contributed by atoms with Crippen molar-refractivity contribution in [1.82, 2.24) is 0 Å². The summed E-state index contributed by atoms with van der Waals surface area (Å²) in [5.74, 6) is -0.132. The summed E-state index contributed by atoms with van der Waals surface area (Å²) in [6.45, 7) is 10.9. The first kappa shape index (κ1) is 28.5. The van der Waals surface area contributed by atoms with Crippen molar-refractivity contribution in [1.29, 1.82) is 0 Å². The number of anilines is 1. The molecule has 1 unspecified atom stereocenters. The molecule has 4 rings (SSSR count). The average molecular weight is 546 g/mol. The number of aliphatic hydroxyl groups excluding tert-OH is 1. The first-order valence-corrected chi connectivity index (χ1v) is 13.5. The number of nitrogens with zero attached hydrogens (tertiary/aromatic N) is 1. The van der Waals surface area contributed by atoms with Crippen LogP contribution in [0.3, 0.4) is 0 Å². The average Bonchev–Trinajstić information content (AvgIpc) is 3.20. The molecule has 0 spiro atoms. The number of hydrogen-bond acceptors (Lipinski definition) is 7. The molecule has 0 bridgehead atoms. The van der Waals surface area contributed by atoms with Crippen LogP contribution in [-0.2, 0) is 9.59 Å². The highest BCUT2D eigenvalue weighted by Crippen LogP contribution is 2.45. The molecular formula is C32H35NO7. The van der Waals surface area contributed by atoms with Gasteiger partial charge < -0.3 is 24.4 Å². The first-order valence-electron chi connectivity index (χ1n) is 13.5. The fourth-order valence-electron chi connectivity index (χ4n) is 4.85. The Labute approximate surface area is 234 Å². The van der Waals surface area contributed by atoms with Crippen molar-refractivity contribution in [2.24, 2.45) is 0 Å². The van der Waals surface area contributed by atoms with Gasteiger partial charge in [0.15, 0.2) is 11.5 Å². The van der Waals surface area contributed by atoms with Gasteiger partial charge in [0.2, 0.25) is 0 Å². The van der Waals surface area contributed by atoms with Gasteiger partial charge in [-0.3, -0.25) is 14.5 Å². The van der Waals surface area contributed by atoms with Crippen LogP contribution in [0.2, 0.25) is 0 Å². The van der Waals surface area contributed by atoms with E-state index in [2.05, 4.69) is 0 Å². The Morgan fingerprint density at radius 3 is 2.05 bits per heavy atom. The van der Waals surface area contributed by atoms with Crippen LogP contribution in [-0.4, -0.2) is 41.7 Å². The van der Waals surface area contributed by atoms with Crippen molar-refractivity contribution in [3.05, 3.63) is 82.9 Å². The Balaban J connectivity index is 1.92. The standard InChI is InChI=1S/C32H35NO7/c1-6-38-25-15-11-21(17-24(25)19(4)5)30(35)28-29(20-9-13-23(34)14-10-20)33(32(37)31(28)36)22-12-16-26(39-7-2)27(18-22)40-8-3/h9-19,29,34-35H,6-8H2,1-5H3/b30-28-. The molecular weight excluding hydrogens is 510 g/mol. The first-order chi connectivity index (χ1) is 19.2. The maximum Gasteiger partial charge on any atom is 0.300 e. The number of Topliss-reactive ketones (excluding diaryl/α,β-unsaturated/α-hetero) is 1. The van der Waals surface area contributed by atoms with E-state index in [1.807, 2.05) is 34.6 Å². The van der Waals surface area contributed by atoms with Crippen LogP contribution in [0.5, 0.6) is 23.0 Å². The predicted octanol–water partition coefficient (Wildman–Crippen LogP) is 6.34. The highest BCUT2D eigenvalue weighted by atomic mass is 16.5. The highest BCUT2D eigenvalue weighted by molar-refractivity contribution is 6.51. The molecule has 1 fully saturated rings. The van der Waals surface area contributed by atoms with Crippen LogP contribution in [0.15, 0.2) is 66.2 Å². The Kier molecular flexibility index (Phi) is 8.67. The number of hydrogen-bond donors (Lipinski definition) is 2. The van der Waals surface area contributed by atoms with E-state index in [4.69, 9.17) is 14.2 Å². The number of phenols is 1. The Morgan fingerprint density at radius 1 is 0.825 bits per heavy atom. The van der Waals surface area contributed by atoms with Gasteiger partial charge in [0.05, 0.1) is 31.4 Å². The van der Waals surface area contributed by atoms with Crippen molar-refractivity contribution in [2.75, 3.05) is 24.7 Å². The third kappa shape index (κ3) is 5.47. The number of phenolic OH excluding ortho intramolecular Hbond substituents is 1. The highest BCUT2D eigenvalue weighted by Gasteiger charge is 2.47. The number of rotatable bonds is 10. The van der Waals surface area contributed by atoms with E-state index in [0.717, 1.165) is 5.56 Å². The number of aromatic hydroxyl groups is 1. The molecule has 210 valence electrons. The van der Waals surface area contributed by atoms with Gasteiger partial charge in [-0.25, -0.2) is 0 Å². The molecule has 1 atom stereocenters. The minimum absolute atomic E-state index is 0.0356. The Morgan fingerprint density at radius 2 is 1.43 bits per heavy atom. The van der Waals surface area contributed by atoms with Gasteiger partial charge in [0.25, 0.3) is 11.7 Å². The zero-order chi connectivity index (χ0) is 29.0. The predicted molar refractivity (Wildman–Crippen MR) is 153 cm³/mol. The summed E-state index contributed by atoms with van der Waals surface area (Å²) >= 11 is 0. The van der Waals surface area contributed by atoms with Gasteiger partial charge in [-0.15, -0.1) is 0 Å². The maximum absolute atomic E-state index is 13.6. The van der Waals surface area contributed by atoms with Gasteiger partial charge in [0.1, 0.15) is 17.3 Å². The number of ether oxygens (including phenoxy) is 3.